The first-order chi connectivity index (χ1) is 12.4. The molecule has 0 bridgehead atoms. The summed E-state index contributed by atoms with van der Waals surface area (Å²) in [6, 6.07) is 5.19. The van der Waals surface area contributed by atoms with Crippen molar-refractivity contribution in [1.82, 2.24) is 5.32 Å². The van der Waals surface area contributed by atoms with Gasteiger partial charge in [0.1, 0.15) is 0 Å². The Balaban J connectivity index is 1.46. The monoisotopic (exact) mass is 413 g/mol. The van der Waals surface area contributed by atoms with Gasteiger partial charge in [-0.3, -0.25) is 9.79 Å². The van der Waals surface area contributed by atoms with Gasteiger partial charge in [0, 0.05) is 16.9 Å². The van der Waals surface area contributed by atoms with E-state index in [0.717, 1.165) is 25.7 Å². The minimum absolute atomic E-state index is 0.0323. The van der Waals surface area contributed by atoms with E-state index in [0.29, 0.717) is 21.4 Å². The van der Waals surface area contributed by atoms with Crippen LogP contribution in [0.15, 0.2) is 23.2 Å². The third-order valence-corrected chi connectivity index (χ3v) is 8.45. The van der Waals surface area contributed by atoms with Crippen molar-refractivity contribution in [1.29, 1.82) is 0 Å². The van der Waals surface area contributed by atoms with Gasteiger partial charge < -0.3 is 10.6 Å². The van der Waals surface area contributed by atoms with Crippen molar-refractivity contribution in [2.24, 2.45) is 4.99 Å². The number of amidine groups is 1. The summed E-state index contributed by atoms with van der Waals surface area (Å²) in [4.78, 5) is 16.9. The van der Waals surface area contributed by atoms with Crippen molar-refractivity contribution < 1.29 is 13.2 Å². The fraction of sp³-hybridized carbons (Fsp3) is 0.529. The number of fused-ring (bicyclic) bond motifs is 1. The average molecular weight is 414 g/mol. The van der Waals surface area contributed by atoms with Crippen molar-refractivity contribution in [3.63, 3.8) is 0 Å². The maximum absolute atomic E-state index is 12.4. The molecule has 9 heteroatoms. The first-order valence-corrected chi connectivity index (χ1v) is 11.8. The van der Waals surface area contributed by atoms with E-state index in [2.05, 4.69) is 15.6 Å². The molecule has 2 heterocycles. The highest BCUT2D eigenvalue weighted by Crippen LogP contribution is 2.35. The molecule has 0 radical (unpaired) electrons. The minimum atomic E-state index is -2.97. The zero-order chi connectivity index (χ0) is 18.3. The number of carbonyl (C=O) groups is 1. The van der Waals surface area contributed by atoms with Gasteiger partial charge in [0.15, 0.2) is 15.0 Å². The summed E-state index contributed by atoms with van der Waals surface area (Å²) in [5.41, 5.74) is 1.16. The highest BCUT2D eigenvalue weighted by molar-refractivity contribution is 8.15. The molecule has 2 atom stereocenters. The van der Waals surface area contributed by atoms with E-state index in [9.17, 15) is 13.2 Å². The van der Waals surface area contributed by atoms with Crippen molar-refractivity contribution in [3.05, 3.63) is 28.8 Å². The molecule has 2 fully saturated rings. The number of amides is 1. The summed E-state index contributed by atoms with van der Waals surface area (Å²) in [6.45, 7) is 0. The molecule has 4 rings (SSSR count). The van der Waals surface area contributed by atoms with Gasteiger partial charge in [-0.2, -0.15) is 0 Å². The Morgan fingerprint density at radius 3 is 2.73 bits per heavy atom. The molecule has 1 aromatic rings. The number of thioether (sulfide) groups is 1. The lowest BCUT2D eigenvalue weighted by Gasteiger charge is -2.14. The lowest BCUT2D eigenvalue weighted by Crippen LogP contribution is -2.32. The van der Waals surface area contributed by atoms with Crippen molar-refractivity contribution >= 4 is 50.0 Å². The third kappa shape index (κ3) is 3.87. The number of rotatable bonds is 3. The van der Waals surface area contributed by atoms with E-state index in [1.807, 2.05) is 0 Å². The fourth-order valence-electron chi connectivity index (χ4n) is 3.63. The quantitative estimate of drug-likeness (QED) is 0.795. The summed E-state index contributed by atoms with van der Waals surface area (Å²) in [5.74, 6) is 0.169. The highest BCUT2D eigenvalue weighted by atomic mass is 35.5. The number of carbonyl (C=O) groups excluding carboxylic acids is 1. The summed E-state index contributed by atoms with van der Waals surface area (Å²) < 4.78 is 23.3. The molecule has 1 saturated carbocycles. The van der Waals surface area contributed by atoms with Crippen LogP contribution in [0.4, 0.5) is 5.69 Å². The summed E-state index contributed by atoms with van der Waals surface area (Å²) >= 11 is 7.69. The van der Waals surface area contributed by atoms with Gasteiger partial charge in [-0.1, -0.05) is 36.2 Å². The normalized spacial score (nSPS) is 27.2. The SMILES string of the molecule is O=C(NC1CCCC1)c1ccc(Cl)c(NC2=N[C@@H]3CS(=O)(=O)C[C@H]3S2)c1. The van der Waals surface area contributed by atoms with Crippen LogP contribution in [0.25, 0.3) is 0 Å². The minimum Gasteiger partial charge on any atom is -0.349 e. The van der Waals surface area contributed by atoms with Crippen LogP contribution in [0.1, 0.15) is 36.0 Å². The molecule has 1 aromatic carbocycles. The molecule has 2 N–H and O–H groups in total. The lowest BCUT2D eigenvalue weighted by molar-refractivity contribution is 0.0938. The molecule has 26 heavy (non-hydrogen) atoms. The second kappa shape index (κ2) is 7.05. The molecule has 3 aliphatic rings. The zero-order valence-electron chi connectivity index (χ0n) is 14.1. The lowest BCUT2D eigenvalue weighted by atomic mass is 10.1. The number of halogens is 1. The standard InChI is InChI=1S/C17H20ClN3O3S2/c18-12-6-5-10(16(22)19-11-3-1-2-4-11)7-13(12)20-17-21-14-8-26(23,24)9-15(14)25-17/h5-7,11,14-15H,1-4,8-9H2,(H,19,22)(H,20,21)/t14-,15-/m1/s1. The molecule has 1 saturated heterocycles. The predicted octanol–water partition coefficient (Wildman–Crippen LogP) is 2.69. The van der Waals surface area contributed by atoms with Gasteiger partial charge in [0.2, 0.25) is 0 Å². The van der Waals surface area contributed by atoms with E-state index in [1.54, 1.807) is 18.2 Å². The van der Waals surface area contributed by atoms with Gasteiger partial charge in [0.25, 0.3) is 5.91 Å². The van der Waals surface area contributed by atoms with Crippen LogP contribution in [-0.4, -0.2) is 48.3 Å². The molecule has 0 aromatic heterocycles. The van der Waals surface area contributed by atoms with Crippen LogP contribution in [0.5, 0.6) is 0 Å². The second-order valence-corrected chi connectivity index (χ2v) is 10.8. The topological polar surface area (TPSA) is 87.6 Å². The first kappa shape index (κ1) is 18.1. The number of benzene rings is 1. The summed E-state index contributed by atoms with van der Waals surface area (Å²) in [5, 5.41) is 7.35. The van der Waals surface area contributed by atoms with E-state index in [-0.39, 0.29) is 34.7 Å². The van der Waals surface area contributed by atoms with Crippen LogP contribution in [0.2, 0.25) is 5.02 Å². The fourth-order valence-corrected chi connectivity index (χ4v) is 7.47. The molecule has 1 aliphatic carbocycles. The molecule has 1 amide bonds. The molecule has 6 nitrogen and oxygen atoms in total. The molecule has 0 unspecified atom stereocenters. The number of nitrogens with one attached hydrogen (secondary N) is 2. The Hall–Kier alpha value is -1.25. The summed E-state index contributed by atoms with van der Waals surface area (Å²) in [6.07, 6.45) is 4.38. The van der Waals surface area contributed by atoms with Gasteiger partial charge >= 0.3 is 0 Å². The number of nitrogens with zero attached hydrogens (tertiary/aromatic N) is 1. The van der Waals surface area contributed by atoms with Gasteiger partial charge in [0.05, 0.1) is 28.3 Å². The Kier molecular flexibility index (Phi) is 4.92. The number of aliphatic imine (C=N–C) groups is 1. The molecule has 140 valence electrons. The van der Waals surface area contributed by atoms with E-state index >= 15 is 0 Å². The zero-order valence-corrected chi connectivity index (χ0v) is 16.5. The first-order valence-electron chi connectivity index (χ1n) is 8.72. The predicted molar refractivity (Wildman–Crippen MR) is 106 cm³/mol. The Morgan fingerprint density at radius 2 is 2.00 bits per heavy atom. The molecule has 2 aliphatic heterocycles. The van der Waals surface area contributed by atoms with Gasteiger partial charge in [-0.25, -0.2) is 8.42 Å². The van der Waals surface area contributed by atoms with E-state index < -0.39 is 9.84 Å². The maximum Gasteiger partial charge on any atom is 0.251 e. The number of anilines is 1. The van der Waals surface area contributed by atoms with Crippen molar-refractivity contribution in [3.8, 4) is 0 Å². The van der Waals surface area contributed by atoms with E-state index in [1.165, 1.54) is 11.8 Å². The molecular weight excluding hydrogens is 394 g/mol. The number of hydrogen-bond acceptors (Lipinski definition) is 6. The van der Waals surface area contributed by atoms with Gasteiger partial charge in [-0.05, 0) is 31.0 Å². The number of hydrogen-bond donors (Lipinski definition) is 2. The highest BCUT2D eigenvalue weighted by Gasteiger charge is 2.42. The maximum atomic E-state index is 12.4. The van der Waals surface area contributed by atoms with Crippen molar-refractivity contribution in [2.45, 2.75) is 43.0 Å². The van der Waals surface area contributed by atoms with Crippen molar-refractivity contribution in [2.75, 3.05) is 16.8 Å². The largest absolute Gasteiger partial charge is 0.349 e. The van der Waals surface area contributed by atoms with Crippen LogP contribution in [0, 0.1) is 0 Å². The average Bonchev–Trinajstić information content (AvgIpc) is 3.24. The Labute approximate surface area is 162 Å². The van der Waals surface area contributed by atoms with Crippen LogP contribution >= 0.6 is 23.4 Å². The molecular formula is C17H20ClN3O3S2. The molecule has 0 spiro atoms. The third-order valence-electron chi connectivity index (χ3n) is 4.98. The Bertz CT molecular complexity index is 866. The Morgan fingerprint density at radius 1 is 1.23 bits per heavy atom. The number of sulfone groups is 1. The summed E-state index contributed by atoms with van der Waals surface area (Å²) in [7, 11) is -2.97. The second-order valence-electron chi connectivity index (χ2n) is 7.01. The van der Waals surface area contributed by atoms with Crippen LogP contribution < -0.4 is 10.6 Å². The van der Waals surface area contributed by atoms with E-state index in [4.69, 9.17) is 11.6 Å². The van der Waals surface area contributed by atoms with Crippen LogP contribution in [0.3, 0.4) is 0 Å². The van der Waals surface area contributed by atoms with Gasteiger partial charge in [-0.15, -0.1) is 0 Å². The van der Waals surface area contributed by atoms with Crippen LogP contribution in [-0.2, 0) is 9.84 Å². The smallest absolute Gasteiger partial charge is 0.251 e.